The summed E-state index contributed by atoms with van der Waals surface area (Å²) in [5.41, 5.74) is 5.98. The second-order valence-electron chi connectivity index (χ2n) is 5.24. The van der Waals surface area contributed by atoms with E-state index in [1.807, 2.05) is 24.3 Å². The van der Waals surface area contributed by atoms with Crippen molar-refractivity contribution in [3.05, 3.63) is 28.7 Å². The van der Waals surface area contributed by atoms with Gasteiger partial charge in [0.2, 0.25) is 5.91 Å². The van der Waals surface area contributed by atoms with E-state index in [4.69, 9.17) is 5.73 Å². The Hall–Kier alpha value is -1.07. The van der Waals surface area contributed by atoms with Gasteiger partial charge >= 0.3 is 0 Å². The van der Waals surface area contributed by atoms with Gasteiger partial charge in [-0.3, -0.25) is 4.79 Å². The van der Waals surface area contributed by atoms with Crippen LogP contribution in [0.3, 0.4) is 0 Å². The predicted octanol–water partition coefficient (Wildman–Crippen LogP) is 2.20. The van der Waals surface area contributed by atoms with Gasteiger partial charge in [0.25, 0.3) is 0 Å². The van der Waals surface area contributed by atoms with Crippen molar-refractivity contribution >= 4 is 27.5 Å². The number of carbonyl (C=O) groups is 1. The molecule has 104 valence electrons. The lowest BCUT2D eigenvalue weighted by molar-refractivity contribution is -0.122. The van der Waals surface area contributed by atoms with Gasteiger partial charge in [-0.05, 0) is 57.1 Å². The van der Waals surface area contributed by atoms with Crippen molar-refractivity contribution in [2.45, 2.75) is 24.8 Å². The van der Waals surface area contributed by atoms with E-state index in [0.29, 0.717) is 0 Å². The molecule has 1 aliphatic heterocycles. The van der Waals surface area contributed by atoms with Gasteiger partial charge in [0.05, 0.1) is 0 Å². The number of halogens is 1. The molecule has 1 amide bonds. The van der Waals surface area contributed by atoms with Crippen LogP contribution in [0.1, 0.15) is 19.3 Å². The van der Waals surface area contributed by atoms with Crippen LogP contribution in [-0.2, 0) is 4.79 Å². The normalized spacial score (nSPS) is 24.7. The first-order chi connectivity index (χ1) is 9.02. The number of carbonyl (C=O) groups excluding carboxylic acids is 1. The summed E-state index contributed by atoms with van der Waals surface area (Å²) in [5.74, 6) is -0.259. The summed E-state index contributed by atoms with van der Waals surface area (Å²) in [7, 11) is 2.08. The summed E-state index contributed by atoms with van der Waals surface area (Å²) in [6, 6.07) is 7.84. The molecule has 1 heterocycles. The molecule has 2 rings (SSSR count). The lowest BCUT2D eigenvalue weighted by Crippen LogP contribution is -2.51. The van der Waals surface area contributed by atoms with Crippen LogP contribution in [0.15, 0.2) is 28.7 Å². The number of anilines is 1. The first kappa shape index (κ1) is 14.3. The monoisotopic (exact) mass is 325 g/mol. The smallest absolute Gasteiger partial charge is 0.243 e. The number of likely N-dealkylation sites (tertiary alicyclic amines) is 1. The largest absolute Gasteiger partial charge is 0.371 e. The summed E-state index contributed by atoms with van der Waals surface area (Å²) >= 11 is 3.41. The minimum absolute atomic E-state index is 0.259. The molecule has 0 spiro atoms. The number of rotatable bonds is 3. The highest BCUT2D eigenvalue weighted by atomic mass is 79.9. The summed E-state index contributed by atoms with van der Waals surface area (Å²) in [6.07, 6.45) is 2.50. The Morgan fingerprint density at radius 3 is 2.63 bits per heavy atom. The molecular weight excluding hydrogens is 306 g/mol. The third-order valence-electron chi connectivity index (χ3n) is 3.76. The van der Waals surface area contributed by atoms with E-state index in [1.54, 1.807) is 0 Å². The van der Waals surface area contributed by atoms with Crippen LogP contribution < -0.4 is 11.1 Å². The third-order valence-corrected chi connectivity index (χ3v) is 4.29. The number of nitrogens with one attached hydrogen (secondary N) is 1. The molecule has 4 nitrogen and oxygen atoms in total. The topological polar surface area (TPSA) is 58.4 Å². The quantitative estimate of drug-likeness (QED) is 0.895. The lowest BCUT2D eigenvalue weighted by atomic mass is 9.89. The van der Waals surface area contributed by atoms with Crippen molar-refractivity contribution in [2.75, 3.05) is 25.5 Å². The minimum Gasteiger partial charge on any atom is -0.371 e. The molecule has 0 saturated carbocycles. The zero-order valence-corrected chi connectivity index (χ0v) is 12.7. The average Bonchev–Trinajstić information content (AvgIpc) is 2.56. The molecule has 1 aromatic carbocycles. The molecule has 0 bridgehead atoms. The van der Waals surface area contributed by atoms with Gasteiger partial charge in [-0.2, -0.15) is 0 Å². The van der Waals surface area contributed by atoms with E-state index in [-0.39, 0.29) is 5.91 Å². The van der Waals surface area contributed by atoms with E-state index in [1.165, 1.54) is 0 Å². The molecule has 5 heteroatoms. The first-order valence-corrected chi connectivity index (χ1v) is 7.33. The molecule has 0 aromatic heterocycles. The molecule has 1 saturated heterocycles. The lowest BCUT2D eigenvalue weighted by Gasteiger charge is -2.31. The Morgan fingerprint density at radius 2 is 2.00 bits per heavy atom. The highest BCUT2D eigenvalue weighted by molar-refractivity contribution is 9.10. The Balaban J connectivity index is 2.19. The van der Waals surface area contributed by atoms with Crippen molar-refractivity contribution in [3.63, 3.8) is 0 Å². The van der Waals surface area contributed by atoms with Crippen LogP contribution in [0.4, 0.5) is 5.69 Å². The second-order valence-corrected chi connectivity index (χ2v) is 6.15. The number of nitrogens with two attached hydrogens (primary N) is 1. The highest BCUT2D eigenvalue weighted by Gasteiger charge is 2.37. The first-order valence-electron chi connectivity index (χ1n) is 6.54. The number of hydrogen-bond donors (Lipinski definition) is 2. The van der Waals surface area contributed by atoms with Crippen molar-refractivity contribution in [1.29, 1.82) is 0 Å². The van der Waals surface area contributed by atoms with Gasteiger partial charge in [-0.15, -0.1) is 0 Å². The zero-order chi connectivity index (χ0) is 13.9. The van der Waals surface area contributed by atoms with Crippen LogP contribution in [0, 0.1) is 0 Å². The molecule has 1 unspecified atom stereocenters. The minimum atomic E-state index is -0.626. The molecule has 1 atom stereocenters. The third kappa shape index (κ3) is 3.48. The van der Waals surface area contributed by atoms with Gasteiger partial charge in [0, 0.05) is 16.7 Å². The van der Waals surface area contributed by atoms with E-state index in [2.05, 4.69) is 33.2 Å². The fraction of sp³-hybridized carbons (Fsp3) is 0.500. The van der Waals surface area contributed by atoms with Crippen LogP contribution in [0.25, 0.3) is 0 Å². The molecule has 19 heavy (non-hydrogen) atoms. The molecule has 1 aliphatic rings. The van der Waals surface area contributed by atoms with E-state index in [9.17, 15) is 4.79 Å². The molecule has 0 radical (unpaired) electrons. The van der Waals surface area contributed by atoms with E-state index in [0.717, 1.165) is 42.5 Å². The Kier molecular flexibility index (Phi) is 4.47. The second kappa shape index (κ2) is 5.92. The van der Waals surface area contributed by atoms with Gasteiger partial charge in [0.1, 0.15) is 5.54 Å². The van der Waals surface area contributed by atoms with Crippen molar-refractivity contribution in [1.82, 2.24) is 4.90 Å². The predicted molar refractivity (Wildman–Crippen MR) is 81.0 cm³/mol. The van der Waals surface area contributed by atoms with E-state index < -0.39 is 5.54 Å². The number of benzene rings is 1. The van der Waals surface area contributed by atoms with Gasteiger partial charge < -0.3 is 16.0 Å². The van der Waals surface area contributed by atoms with Gasteiger partial charge in [-0.1, -0.05) is 15.9 Å². The molecule has 0 aliphatic carbocycles. The van der Waals surface area contributed by atoms with Crippen molar-refractivity contribution < 1.29 is 4.79 Å². The van der Waals surface area contributed by atoms with Crippen LogP contribution >= 0.6 is 15.9 Å². The zero-order valence-electron chi connectivity index (χ0n) is 11.2. The maximum Gasteiger partial charge on any atom is 0.243 e. The molecule has 1 aromatic rings. The molecular formula is C14H20BrN3O. The SMILES string of the molecule is CN1CCCC(Nc2ccc(Br)cc2)(C(N)=O)CC1. The number of nitrogens with zero attached hydrogens (tertiary/aromatic N) is 1. The van der Waals surface area contributed by atoms with Gasteiger partial charge in [-0.25, -0.2) is 0 Å². The van der Waals surface area contributed by atoms with Crippen LogP contribution in [0.5, 0.6) is 0 Å². The fourth-order valence-corrected chi connectivity index (χ4v) is 2.78. The van der Waals surface area contributed by atoms with Crippen molar-refractivity contribution in [3.8, 4) is 0 Å². The van der Waals surface area contributed by atoms with Crippen LogP contribution in [-0.4, -0.2) is 36.5 Å². The average molecular weight is 326 g/mol. The fourth-order valence-electron chi connectivity index (χ4n) is 2.51. The molecule has 1 fully saturated rings. The summed E-state index contributed by atoms with van der Waals surface area (Å²) in [5, 5.41) is 3.36. The molecule has 3 N–H and O–H groups in total. The van der Waals surface area contributed by atoms with E-state index >= 15 is 0 Å². The summed E-state index contributed by atoms with van der Waals surface area (Å²) < 4.78 is 1.02. The number of primary amides is 1. The van der Waals surface area contributed by atoms with Gasteiger partial charge in [0.15, 0.2) is 0 Å². The number of amides is 1. The van der Waals surface area contributed by atoms with Crippen molar-refractivity contribution in [2.24, 2.45) is 5.73 Å². The highest BCUT2D eigenvalue weighted by Crippen LogP contribution is 2.27. The Bertz CT molecular complexity index is 449. The maximum atomic E-state index is 11.9. The van der Waals surface area contributed by atoms with Crippen LogP contribution in [0.2, 0.25) is 0 Å². The maximum absolute atomic E-state index is 11.9. The standard InChI is InChI=1S/C14H20BrN3O/c1-18-9-2-7-14(8-10-18,13(16)19)17-12-5-3-11(15)4-6-12/h3-6,17H,2,7-10H2,1H3,(H2,16,19). The summed E-state index contributed by atoms with van der Waals surface area (Å²) in [4.78, 5) is 14.2. The Labute approximate surface area is 122 Å². The number of hydrogen-bond acceptors (Lipinski definition) is 3. The Morgan fingerprint density at radius 1 is 1.32 bits per heavy atom. The summed E-state index contributed by atoms with van der Waals surface area (Å²) in [6.45, 7) is 1.89.